The summed E-state index contributed by atoms with van der Waals surface area (Å²) in [5.74, 6) is -0.358. The van der Waals surface area contributed by atoms with Crippen LogP contribution in [-0.2, 0) is 16.1 Å². The lowest BCUT2D eigenvalue weighted by Crippen LogP contribution is -2.37. The maximum Gasteiger partial charge on any atom is 0.329 e. The van der Waals surface area contributed by atoms with Crippen LogP contribution in [0.2, 0.25) is 0 Å². The van der Waals surface area contributed by atoms with E-state index in [1.54, 1.807) is 0 Å². The van der Waals surface area contributed by atoms with E-state index in [4.69, 9.17) is 4.74 Å². The maximum absolute atomic E-state index is 11.9. The SMILES string of the molecule is CCCOc1cccc(/C=N\NC(=O)C(=O)NCc2ccc(C(C)C)cc2)c1. The van der Waals surface area contributed by atoms with Gasteiger partial charge in [0, 0.05) is 6.54 Å². The summed E-state index contributed by atoms with van der Waals surface area (Å²) in [5, 5.41) is 6.41. The highest BCUT2D eigenvalue weighted by atomic mass is 16.5. The Morgan fingerprint density at radius 1 is 1.11 bits per heavy atom. The minimum absolute atomic E-state index is 0.283. The van der Waals surface area contributed by atoms with Gasteiger partial charge in [0.15, 0.2) is 0 Å². The van der Waals surface area contributed by atoms with Gasteiger partial charge in [0.25, 0.3) is 0 Å². The zero-order valence-corrected chi connectivity index (χ0v) is 16.6. The van der Waals surface area contributed by atoms with Crippen LogP contribution < -0.4 is 15.5 Å². The molecule has 0 fully saturated rings. The highest BCUT2D eigenvalue weighted by Gasteiger charge is 2.12. The third-order valence-corrected chi connectivity index (χ3v) is 4.02. The Labute approximate surface area is 166 Å². The number of hydrogen-bond acceptors (Lipinski definition) is 4. The van der Waals surface area contributed by atoms with Crippen molar-refractivity contribution in [2.45, 2.75) is 39.7 Å². The van der Waals surface area contributed by atoms with Crippen molar-refractivity contribution in [3.05, 3.63) is 65.2 Å². The molecule has 0 radical (unpaired) electrons. The molecule has 0 aliphatic carbocycles. The number of carbonyl (C=O) groups is 2. The Balaban J connectivity index is 1.80. The summed E-state index contributed by atoms with van der Waals surface area (Å²) in [6, 6.07) is 15.3. The number of benzene rings is 2. The second kappa shape index (κ2) is 10.9. The minimum Gasteiger partial charge on any atom is -0.494 e. The van der Waals surface area contributed by atoms with E-state index in [9.17, 15) is 9.59 Å². The lowest BCUT2D eigenvalue weighted by atomic mass is 10.0. The number of nitrogens with one attached hydrogen (secondary N) is 2. The Hall–Kier alpha value is -3.15. The summed E-state index contributed by atoms with van der Waals surface area (Å²) in [6.07, 6.45) is 2.39. The normalized spacial score (nSPS) is 10.9. The first-order chi connectivity index (χ1) is 13.5. The number of amides is 2. The van der Waals surface area contributed by atoms with E-state index in [1.807, 2.05) is 55.5 Å². The van der Waals surface area contributed by atoms with E-state index >= 15 is 0 Å². The number of hydrazone groups is 1. The first-order valence-corrected chi connectivity index (χ1v) is 9.42. The van der Waals surface area contributed by atoms with Crippen molar-refractivity contribution in [2.24, 2.45) is 5.10 Å². The third kappa shape index (κ3) is 6.87. The summed E-state index contributed by atoms with van der Waals surface area (Å²) >= 11 is 0. The van der Waals surface area contributed by atoms with Gasteiger partial charge in [-0.1, -0.05) is 57.2 Å². The van der Waals surface area contributed by atoms with E-state index in [1.165, 1.54) is 11.8 Å². The molecule has 0 aromatic heterocycles. The van der Waals surface area contributed by atoms with Crippen LogP contribution in [0.15, 0.2) is 53.6 Å². The number of nitrogens with zero attached hydrogens (tertiary/aromatic N) is 1. The molecule has 0 saturated heterocycles. The smallest absolute Gasteiger partial charge is 0.329 e. The van der Waals surface area contributed by atoms with Gasteiger partial charge in [-0.2, -0.15) is 5.10 Å². The second-order valence-electron chi connectivity index (χ2n) is 6.70. The second-order valence-corrected chi connectivity index (χ2v) is 6.70. The van der Waals surface area contributed by atoms with Crippen LogP contribution in [0.3, 0.4) is 0 Å². The first-order valence-electron chi connectivity index (χ1n) is 9.42. The zero-order chi connectivity index (χ0) is 20.4. The van der Waals surface area contributed by atoms with Crippen LogP contribution in [0.4, 0.5) is 0 Å². The maximum atomic E-state index is 11.9. The van der Waals surface area contributed by atoms with Gasteiger partial charge in [-0.25, -0.2) is 5.43 Å². The third-order valence-electron chi connectivity index (χ3n) is 4.02. The van der Waals surface area contributed by atoms with Crippen molar-refractivity contribution in [3.63, 3.8) is 0 Å². The first kappa shape index (κ1) is 21.2. The Morgan fingerprint density at radius 3 is 2.54 bits per heavy atom. The van der Waals surface area contributed by atoms with Gasteiger partial charge >= 0.3 is 11.8 Å². The van der Waals surface area contributed by atoms with Gasteiger partial charge in [0.1, 0.15) is 5.75 Å². The predicted molar refractivity (Wildman–Crippen MR) is 110 cm³/mol. The summed E-state index contributed by atoms with van der Waals surface area (Å²) in [4.78, 5) is 23.7. The van der Waals surface area contributed by atoms with Crippen LogP contribution in [0, 0.1) is 0 Å². The van der Waals surface area contributed by atoms with Gasteiger partial charge in [0.05, 0.1) is 12.8 Å². The summed E-state index contributed by atoms with van der Waals surface area (Å²) < 4.78 is 5.54. The van der Waals surface area contributed by atoms with E-state index < -0.39 is 11.8 Å². The van der Waals surface area contributed by atoms with Gasteiger partial charge in [-0.15, -0.1) is 0 Å². The molecule has 6 nitrogen and oxygen atoms in total. The van der Waals surface area contributed by atoms with Crippen molar-refractivity contribution in [2.75, 3.05) is 6.61 Å². The van der Waals surface area contributed by atoms with Crippen molar-refractivity contribution in [1.29, 1.82) is 0 Å². The number of rotatable bonds is 8. The quantitative estimate of drug-likeness (QED) is 0.418. The van der Waals surface area contributed by atoms with Crippen molar-refractivity contribution >= 4 is 18.0 Å². The molecule has 28 heavy (non-hydrogen) atoms. The molecule has 2 rings (SSSR count). The molecule has 0 unspecified atom stereocenters. The molecular formula is C22H27N3O3. The number of carbonyl (C=O) groups excluding carboxylic acids is 2. The molecule has 2 aromatic rings. The summed E-state index contributed by atoms with van der Waals surface area (Å²) in [5.41, 5.74) is 5.15. The molecule has 0 bridgehead atoms. The van der Waals surface area contributed by atoms with Gasteiger partial charge in [0.2, 0.25) is 0 Å². The average molecular weight is 381 g/mol. The molecular weight excluding hydrogens is 354 g/mol. The predicted octanol–water partition coefficient (Wildman–Crippen LogP) is 3.37. The Bertz CT molecular complexity index is 814. The molecule has 2 aromatic carbocycles. The molecule has 2 amide bonds. The Morgan fingerprint density at radius 2 is 1.86 bits per heavy atom. The highest BCUT2D eigenvalue weighted by Crippen LogP contribution is 2.14. The molecule has 0 aliphatic rings. The molecule has 0 spiro atoms. The lowest BCUT2D eigenvalue weighted by Gasteiger charge is -2.08. The fourth-order valence-electron chi connectivity index (χ4n) is 2.40. The fraction of sp³-hybridized carbons (Fsp3) is 0.318. The molecule has 0 atom stereocenters. The van der Waals surface area contributed by atoms with Crippen molar-refractivity contribution < 1.29 is 14.3 Å². The minimum atomic E-state index is -0.812. The standard InChI is InChI=1S/C22H27N3O3/c1-4-12-28-20-7-5-6-18(13-20)15-24-25-22(27)21(26)23-14-17-8-10-19(11-9-17)16(2)3/h5-11,13,15-16H,4,12,14H2,1-3H3,(H,23,26)(H,25,27)/b24-15-. The summed E-state index contributed by atoms with van der Waals surface area (Å²) in [7, 11) is 0. The monoisotopic (exact) mass is 381 g/mol. The van der Waals surface area contributed by atoms with E-state index in [0.717, 1.165) is 23.3 Å². The summed E-state index contributed by atoms with van der Waals surface area (Å²) in [6.45, 7) is 7.20. The van der Waals surface area contributed by atoms with Crippen LogP contribution in [0.25, 0.3) is 0 Å². The molecule has 0 heterocycles. The van der Waals surface area contributed by atoms with Gasteiger partial charge in [-0.3, -0.25) is 9.59 Å². The average Bonchev–Trinajstić information content (AvgIpc) is 2.71. The molecule has 148 valence electrons. The van der Waals surface area contributed by atoms with Crippen LogP contribution in [0.1, 0.15) is 49.8 Å². The van der Waals surface area contributed by atoms with E-state index in [0.29, 0.717) is 12.5 Å². The van der Waals surface area contributed by atoms with E-state index in [-0.39, 0.29) is 6.54 Å². The van der Waals surface area contributed by atoms with E-state index in [2.05, 4.69) is 29.7 Å². The Kier molecular flexibility index (Phi) is 8.21. The molecule has 6 heteroatoms. The van der Waals surface area contributed by atoms with Crippen molar-refractivity contribution in [1.82, 2.24) is 10.7 Å². The topological polar surface area (TPSA) is 79.8 Å². The fourth-order valence-corrected chi connectivity index (χ4v) is 2.40. The number of ether oxygens (including phenoxy) is 1. The highest BCUT2D eigenvalue weighted by molar-refractivity contribution is 6.35. The molecule has 2 N–H and O–H groups in total. The largest absolute Gasteiger partial charge is 0.494 e. The van der Waals surface area contributed by atoms with Gasteiger partial charge < -0.3 is 10.1 Å². The zero-order valence-electron chi connectivity index (χ0n) is 16.6. The van der Waals surface area contributed by atoms with Crippen molar-refractivity contribution in [3.8, 4) is 5.75 Å². The number of hydrogen-bond donors (Lipinski definition) is 2. The molecule has 0 saturated carbocycles. The molecule has 0 aliphatic heterocycles. The van der Waals surface area contributed by atoms with Crippen LogP contribution in [0.5, 0.6) is 5.75 Å². The lowest BCUT2D eigenvalue weighted by molar-refractivity contribution is -0.139. The van der Waals surface area contributed by atoms with Crippen LogP contribution in [-0.4, -0.2) is 24.6 Å². The van der Waals surface area contributed by atoms with Crippen LogP contribution >= 0.6 is 0 Å². The van der Waals surface area contributed by atoms with Gasteiger partial charge in [-0.05, 0) is 41.2 Å².